The molecule has 1 aliphatic heterocycles. The number of hydrogen-bond donors (Lipinski definition) is 1. The fourth-order valence-corrected chi connectivity index (χ4v) is 4.65. The number of aliphatic hydroxyl groups excluding tert-OH is 1. The molecule has 4 nitrogen and oxygen atoms in total. The van der Waals surface area contributed by atoms with E-state index in [1.807, 2.05) is 0 Å². The zero-order valence-corrected chi connectivity index (χ0v) is 13.6. The lowest BCUT2D eigenvalue weighted by Gasteiger charge is -2.27. The maximum atomic E-state index is 11.5. The van der Waals surface area contributed by atoms with Crippen LogP contribution in [0.2, 0.25) is 0 Å². The fraction of sp³-hybridized carbons (Fsp3) is 0.632. The van der Waals surface area contributed by atoms with Crippen LogP contribution in [0.1, 0.15) is 49.4 Å². The Balaban J connectivity index is 1.46. The van der Waals surface area contributed by atoms with Gasteiger partial charge in [-0.1, -0.05) is 12.2 Å². The number of carbonyl (C=O) groups is 1. The van der Waals surface area contributed by atoms with Gasteiger partial charge in [0.05, 0.1) is 12.5 Å². The maximum Gasteiger partial charge on any atom is 0.308 e. The zero-order chi connectivity index (χ0) is 16.0. The number of cyclic esters (lactones) is 1. The number of allylic oxidation sites excluding steroid dienone is 2. The number of hydrogen-bond acceptors (Lipinski definition) is 3. The molecule has 5 atom stereocenters. The Hall–Kier alpha value is -1.55. The van der Waals surface area contributed by atoms with Gasteiger partial charge in [0.25, 0.3) is 0 Å². The van der Waals surface area contributed by atoms with Crippen molar-refractivity contribution in [2.75, 3.05) is 0 Å². The van der Waals surface area contributed by atoms with Crippen LogP contribution in [0.15, 0.2) is 24.3 Å². The highest BCUT2D eigenvalue weighted by Crippen LogP contribution is 2.49. The van der Waals surface area contributed by atoms with Crippen molar-refractivity contribution in [1.29, 1.82) is 0 Å². The molecule has 1 aromatic heterocycles. The number of nitrogens with zero attached hydrogens (tertiary/aromatic N) is 1. The molecule has 0 radical (unpaired) electrons. The first-order valence-electron chi connectivity index (χ1n) is 8.82. The topological polar surface area (TPSA) is 51.5 Å². The highest BCUT2D eigenvalue weighted by atomic mass is 16.5. The summed E-state index contributed by atoms with van der Waals surface area (Å²) in [5.41, 5.74) is 2.71. The van der Waals surface area contributed by atoms with E-state index in [4.69, 9.17) is 4.74 Å². The second kappa shape index (κ2) is 5.82. The molecule has 4 rings (SSSR count). The van der Waals surface area contributed by atoms with Gasteiger partial charge in [-0.05, 0) is 43.7 Å². The Morgan fingerprint density at radius 1 is 1.26 bits per heavy atom. The lowest BCUT2D eigenvalue weighted by molar-refractivity contribution is -0.160. The van der Waals surface area contributed by atoms with Gasteiger partial charge in [-0.25, -0.2) is 0 Å². The summed E-state index contributed by atoms with van der Waals surface area (Å²) < 4.78 is 7.78. The van der Waals surface area contributed by atoms with Crippen LogP contribution < -0.4 is 0 Å². The Bertz CT molecular complexity index is 633. The van der Waals surface area contributed by atoms with Crippen LogP contribution in [-0.4, -0.2) is 27.9 Å². The molecule has 3 unspecified atom stereocenters. The lowest BCUT2D eigenvalue weighted by atomic mass is 9.90. The Kier molecular flexibility index (Phi) is 3.80. The van der Waals surface area contributed by atoms with Crippen molar-refractivity contribution in [2.24, 2.45) is 11.8 Å². The highest BCUT2D eigenvalue weighted by molar-refractivity contribution is 5.70. The predicted molar refractivity (Wildman–Crippen MR) is 87.0 cm³/mol. The number of esters is 1. The molecule has 124 valence electrons. The molecule has 2 bridgehead atoms. The summed E-state index contributed by atoms with van der Waals surface area (Å²) in [5, 5.41) is 9.75. The standard InChI is InChI=1S/C19H25NO3/c1-12-2-5-18(17-9-13-3-4-14(17)8-13)20(12)7-6-16-10-15(21)11-19(22)23-16/h2-5,13-17,21H,6-11H2,1H3/t13?,14?,15-,16-,17?/m0/s1. The minimum atomic E-state index is -0.540. The van der Waals surface area contributed by atoms with Crippen LogP contribution in [0.4, 0.5) is 0 Å². The minimum absolute atomic E-state index is 0.141. The fourth-order valence-electron chi connectivity index (χ4n) is 4.65. The number of ether oxygens (including phenoxy) is 1. The molecule has 4 heteroatoms. The molecule has 0 amide bonds. The van der Waals surface area contributed by atoms with Crippen LogP contribution in [0.25, 0.3) is 0 Å². The molecule has 23 heavy (non-hydrogen) atoms. The Morgan fingerprint density at radius 3 is 2.83 bits per heavy atom. The smallest absolute Gasteiger partial charge is 0.308 e. The van der Waals surface area contributed by atoms with Crippen molar-refractivity contribution < 1.29 is 14.6 Å². The molecule has 1 N–H and O–H groups in total. The molecular formula is C19H25NO3. The van der Waals surface area contributed by atoms with Gasteiger partial charge in [-0.15, -0.1) is 0 Å². The normalized spacial score (nSPS) is 35.7. The molecule has 0 spiro atoms. The van der Waals surface area contributed by atoms with Gasteiger partial charge in [0.2, 0.25) is 0 Å². The van der Waals surface area contributed by atoms with E-state index < -0.39 is 6.10 Å². The number of carbonyl (C=O) groups excluding carboxylic acids is 1. The predicted octanol–water partition coefficient (Wildman–Crippen LogP) is 2.93. The summed E-state index contributed by atoms with van der Waals surface area (Å²) in [4.78, 5) is 11.5. The number of aliphatic hydroxyl groups is 1. The third-order valence-corrected chi connectivity index (χ3v) is 5.80. The van der Waals surface area contributed by atoms with E-state index in [1.165, 1.54) is 24.2 Å². The van der Waals surface area contributed by atoms with Crippen molar-refractivity contribution in [3.63, 3.8) is 0 Å². The molecule has 2 fully saturated rings. The average Bonchev–Trinajstić information content (AvgIpc) is 3.19. The largest absolute Gasteiger partial charge is 0.462 e. The SMILES string of the molecule is Cc1ccc(C2CC3C=CC2C3)n1CC[C@H]1C[C@H](O)CC(=O)O1. The summed E-state index contributed by atoms with van der Waals surface area (Å²) in [7, 11) is 0. The van der Waals surface area contributed by atoms with E-state index in [0.717, 1.165) is 18.9 Å². The number of aryl methyl sites for hydroxylation is 1. The quantitative estimate of drug-likeness (QED) is 0.686. The van der Waals surface area contributed by atoms with E-state index in [9.17, 15) is 9.90 Å². The van der Waals surface area contributed by atoms with Crippen LogP contribution in [0.5, 0.6) is 0 Å². The molecule has 1 saturated carbocycles. The van der Waals surface area contributed by atoms with E-state index in [0.29, 0.717) is 18.3 Å². The first-order chi connectivity index (χ1) is 11.1. The summed E-state index contributed by atoms with van der Waals surface area (Å²) in [5.74, 6) is 1.83. The second-order valence-corrected chi connectivity index (χ2v) is 7.43. The van der Waals surface area contributed by atoms with E-state index >= 15 is 0 Å². The van der Waals surface area contributed by atoms with Gasteiger partial charge in [0, 0.05) is 36.7 Å². The molecule has 3 aliphatic rings. The van der Waals surface area contributed by atoms with Gasteiger partial charge in [0.1, 0.15) is 6.10 Å². The van der Waals surface area contributed by atoms with Crippen LogP contribution >= 0.6 is 0 Å². The minimum Gasteiger partial charge on any atom is -0.462 e. The second-order valence-electron chi connectivity index (χ2n) is 7.43. The molecule has 2 aliphatic carbocycles. The highest BCUT2D eigenvalue weighted by Gasteiger charge is 2.38. The van der Waals surface area contributed by atoms with Gasteiger partial charge < -0.3 is 14.4 Å². The van der Waals surface area contributed by atoms with Crippen LogP contribution in [-0.2, 0) is 16.1 Å². The summed E-state index contributed by atoms with van der Waals surface area (Å²) in [6.45, 7) is 3.00. The monoisotopic (exact) mass is 315 g/mol. The van der Waals surface area contributed by atoms with Crippen LogP contribution in [0, 0.1) is 18.8 Å². The van der Waals surface area contributed by atoms with Crippen LogP contribution in [0.3, 0.4) is 0 Å². The summed E-state index contributed by atoms with van der Waals surface area (Å²) >= 11 is 0. The summed E-state index contributed by atoms with van der Waals surface area (Å²) in [6, 6.07) is 4.48. The van der Waals surface area contributed by atoms with E-state index in [1.54, 1.807) is 0 Å². The van der Waals surface area contributed by atoms with Crippen molar-refractivity contribution >= 4 is 5.97 Å². The number of fused-ring (bicyclic) bond motifs is 2. The van der Waals surface area contributed by atoms with Gasteiger partial charge in [-0.3, -0.25) is 4.79 Å². The van der Waals surface area contributed by atoms with Crippen molar-refractivity contribution in [3.8, 4) is 0 Å². The summed E-state index contributed by atoms with van der Waals surface area (Å²) in [6.07, 6.45) is 8.14. The Morgan fingerprint density at radius 2 is 2.13 bits per heavy atom. The van der Waals surface area contributed by atoms with Gasteiger partial charge in [-0.2, -0.15) is 0 Å². The van der Waals surface area contributed by atoms with Crippen molar-refractivity contribution in [3.05, 3.63) is 35.7 Å². The third-order valence-electron chi connectivity index (χ3n) is 5.80. The number of rotatable bonds is 4. The molecule has 0 aromatic carbocycles. The van der Waals surface area contributed by atoms with Gasteiger partial charge in [0.15, 0.2) is 0 Å². The number of aromatic nitrogens is 1. The first kappa shape index (κ1) is 15.0. The van der Waals surface area contributed by atoms with Crippen molar-refractivity contribution in [1.82, 2.24) is 4.57 Å². The molecular weight excluding hydrogens is 290 g/mol. The zero-order valence-electron chi connectivity index (χ0n) is 13.6. The van der Waals surface area contributed by atoms with E-state index in [2.05, 4.69) is 35.8 Å². The van der Waals surface area contributed by atoms with E-state index in [-0.39, 0.29) is 18.5 Å². The maximum absolute atomic E-state index is 11.5. The van der Waals surface area contributed by atoms with Crippen molar-refractivity contribution in [2.45, 2.75) is 63.7 Å². The lowest BCUT2D eigenvalue weighted by Crippen LogP contribution is -2.33. The third kappa shape index (κ3) is 2.85. The molecule has 2 heterocycles. The molecule has 1 aromatic rings. The van der Waals surface area contributed by atoms with Gasteiger partial charge >= 0.3 is 5.97 Å². The average molecular weight is 315 g/mol. The Labute approximate surface area is 137 Å². The first-order valence-corrected chi connectivity index (χ1v) is 8.82. The molecule has 1 saturated heterocycles.